The van der Waals surface area contributed by atoms with Crippen molar-refractivity contribution in [3.63, 3.8) is 0 Å². The van der Waals surface area contributed by atoms with Gasteiger partial charge in [0, 0.05) is 18.5 Å². The van der Waals surface area contributed by atoms with E-state index < -0.39 is 18.1 Å². The topological polar surface area (TPSA) is 52.6 Å². The van der Waals surface area contributed by atoms with Gasteiger partial charge in [-0.1, -0.05) is 0 Å². The molecule has 2 unspecified atom stereocenters. The van der Waals surface area contributed by atoms with E-state index in [0.29, 0.717) is 11.3 Å². The third kappa shape index (κ3) is 3.22. The molecule has 4 nitrogen and oxygen atoms in total. The minimum atomic E-state index is -1.80. The Hall–Kier alpha value is -1.53. The lowest BCUT2D eigenvalue weighted by molar-refractivity contribution is -0.119. The van der Waals surface area contributed by atoms with Gasteiger partial charge in [0.25, 0.3) is 0 Å². The maximum atomic E-state index is 14.1. The van der Waals surface area contributed by atoms with E-state index in [4.69, 9.17) is 5.11 Å². The van der Waals surface area contributed by atoms with Crippen LogP contribution in [0.5, 0.6) is 0 Å². The number of amides is 1. The Morgan fingerprint density at radius 2 is 2.14 bits per heavy atom. The van der Waals surface area contributed by atoms with Crippen LogP contribution in [-0.4, -0.2) is 48.3 Å². The van der Waals surface area contributed by atoms with Crippen LogP contribution in [0.25, 0.3) is 0 Å². The van der Waals surface area contributed by atoms with Gasteiger partial charge in [-0.3, -0.25) is 9.69 Å². The molecule has 1 aromatic rings. The normalized spacial score (nSPS) is 22.2. The fraction of sp³-hybridized carbons (Fsp3) is 0.533. The molecule has 1 aromatic carbocycles. The van der Waals surface area contributed by atoms with Crippen LogP contribution in [0.2, 0.25) is 0 Å². The summed E-state index contributed by atoms with van der Waals surface area (Å²) < 4.78 is 28.2. The van der Waals surface area contributed by atoms with Crippen molar-refractivity contribution in [3.05, 3.63) is 29.1 Å². The molecule has 2 N–H and O–H groups in total. The summed E-state index contributed by atoms with van der Waals surface area (Å²) in [6.07, 6.45) is -0.171. The second-order valence-electron chi connectivity index (χ2n) is 5.89. The highest BCUT2D eigenvalue weighted by Gasteiger charge is 2.38. The third-order valence-corrected chi connectivity index (χ3v) is 3.99. The van der Waals surface area contributed by atoms with Gasteiger partial charge in [-0.05, 0) is 44.3 Å². The van der Waals surface area contributed by atoms with Gasteiger partial charge in [0.05, 0.1) is 12.6 Å². The number of aliphatic hydroxyl groups is 1. The first-order chi connectivity index (χ1) is 9.75. The molecule has 116 valence electrons. The number of nitrogens with zero attached hydrogens (tertiary/aromatic N) is 1. The molecule has 0 aromatic heterocycles. The van der Waals surface area contributed by atoms with E-state index in [1.165, 1.54) is 6.07 Å². The number of carbonyl (C=O) groups is 1. The number of anilines is 1. The smallest absolute Gasteiger partial charge is 0.241 e. The van der Waals surface area contributed by atoms with Crippen LogP contribution in [0.4, 0.5) is 14.5 Å². The Labute approximate surface area is 122 Å². The quantitative estimate of drug-likeness (QED) is 0.886. The first-order valence-electron chi connectivity index (χ1n) is 6.84. The molecule has 21 heavy (non-hydrogen) atoms. The third-order valence-electron chi connectivity index (χ3n) is 3.99. The molecule has 0 saturated carbocycles. The number of hydrogen-bond donors (Lipinski definition) is 2. The maximum Gasteiger partial charge on any atom is 0.241 e. The van der Waals surface area contributed by atoms with E-state index in [0.717, 1.165) is 0 Å². The summed E-state index contributed by atoms with van der Waals surface area (Å²) in [5.41, 5.74) is -0.709. The van der Waals surface area contributed by atoms with E-state index in [1.54, 1.807) is 32.0 Å². The van der Waals surface area contributed by atoms with Crippen LogP contribution in [0.3, 0.4) is 0 Å². The lowest BCUT2D eigenvalue weighted by atomic mass is 10.0. The minimum absolute atomic E-state index is 0.0390. The number of hydrogen-bond acceptors (Lipinski definition) is 3. The average molecular weight is 298 g/mol. The molecule has 1 aliphatic carbocycles. The molecule has 0 radical (unpaired) electrons. The van der Waals surface area contributed by atoms with Crippen LogP contribution in [0, 0.1) is 5.82 Å². The van der Waals surface area contributed by atoms with Crippen LogP contribution in [0.1, 0.15) is 18.1 Å². The monoisotopic (exact) mass is 298 g/mol. The van der Waals surface area contributed by atoms with Gasteiger partial charge in [0.1, 0.15) is 11.5 Å². The van der Waals surface area contributed by atoms with Crippen molar-refractivity contribution in [2.45, 2.75) is 31.5 Å². The van der Waals surface area contributed by atoms with Crippen molar-refractivity contribution in [1.82, 2.24) is 4.90 Å². The molecule has 1 aliphatic rings. The first-order valence-corrected chi connectivity index (χ1v) is 6.84. The minimum Gasteiger partial charge on any atom is -0.393 e. The van der Waals surface area contributed by atoms with Crippen molar-refractivity contribution in [2.24, 2.45) is 0 Å². The Morgan fingerprint density at radius 1 is 1.48 bits per heavy atom. The molecule has 0 heterocycles. The van der Waals surface area contributed by atoms with Gasteiger partial charge in [0.2, 0.25) is 5.91 Å². The Morgan fingerprint density at radius 3 is 2.71 bits per heavy atom. The second-order valence-corrected chi connectivity index (χ2v) is 5.89. The summed E-state index contributed by atoms with van der Waals surface area (Å²) in [5.74, 6) is -0.806. The predicted molar refractivity (Wildman–Crippen MR) is 76.5 cm³/mol. The van der Waals surface area contributed by atoms with E-state index in [9.17, 15) is 13.6 Å². The van der Waals surface area contributed by atoms with Crippen LogP contribution in [0.15, 0.2) is 12.1 Å². The summed E-state index contributed by atoms with van der Waals surface area (Å²) in [6.45, 7) is 1.10. The molecule has 2 atom stereocenters. The zero-order valence-electron chi connectivity index (χ0n) is 12.4. The summed E-state index contributed by atoms with van der Waals surface area (Å²) in [7, 11) is 3.54. The fourth-order valence-electron chi connectivity index (χ4n) is 2.44. The zero-order chi connectivity index (χ0) is 15.8. The standard InChI is InChI=1S/C15H20F2N2O2/c1-9(19(2)3)14(21)18-11-4-10-6-15(17,8-20)7-12(10)13(16)5-11/h4-5,9,20H,6-8H2,1-3H3,(H,18,21). The van der Waals surface area contributed by atoms with E-state index in [1.807, 2.05) is 0 Å². The molecule has 0 bridgehead atoms. The van der Waals surface area contributed by atoms with Crippen molar-refractivity contribution in [2.75, 3.05) is 26.0 Å². The predicted octanol–water partition coefficient (Wildman–Crippen LogP) is 1.51. The summed E-state index contributed by atoms with van der Waals surface area (Å²) in [5, 5.41) is 11.7. The van der Waals surface area contributed by atoms with Crippen LogP contribution >= 0.6 is 0 Å². The Bertz CT molecular complexity index is 563. The molecule has 0 fully saturated rings. The summed E-state index contributed by atoms with van der Waals surface area (Å²) >= 11 is 0. The molecule has 2 rings (SSSR count). The van der Waals surface area contributed by atoms with Gasteiger partial charge < -0.3 is 10.4 Å². The van der Waals surface area contributed by atoms with Gasteiger partial charge in [-0.15, -0.1) is 0 Å². The number of fused-ring (bicyclic) bond motifs is 1. The number of likely N-dealkylation sites (N-methyl/N-ethyl adjacent to an activating group) is 1. The molecule has 0 aliphatic heterocycles. The van der Waals surface area contributed by atoms with Gasteiger partial charge >= 0.3 is 0 Å². The van der Waals surface area contributed by atoms with Crippen molar-refractivity contribution >= 4 is 11.6 Å². The maximum absolute atomic E-state index is 14.1. The first kappa shape index (κ1) is 15.9. The highest BCUT2D eigenvalue weighted by molar-refractivity contribution is 5.94. The number of nitrogens with one attached hydrogen (secondary N) is 1. The summed E-state index contributed by atoms with van der Waals surface area (Å²) in [4.78, 5) is 13.7. The SMILES string of the molecule is CC(C(=O)Nc1cc(F)c2c(c1)CC(F)(CO)C2)N(C)C. The largest absolute Gasteiger partial charge is 0.393 e. The van der Waals surface area contributed by atoms with E-state index in [-0.39, 0.29) is 30.4 Å². The Balaban J connectivity index is 2.21. The zero-order valence-corrected chi connectivity index (χ0v) is 12.4. The lowest BCUT2D eigenvalue weighted by Gasteiger charge is -2.19. The van der Waals surface area contributed by atoms with E-state index >= 15 is 0 Å². The molecule has 0 spiro atoms. The van der Waals surface area contributed by atoms with E-state index in [2.05, 4.69) is 5.32 Å². The van der Waals surface area contributed by atoms with Crippen molar-refractivity contribution in [1.29, 1.82) is 0 Å². The Kier molecular flexibility index (Phi) is 4.30. The van der Waals surface area contributed by atoms with Crippen LogP contribution < -0.4 is 5.32 Å². The molecule has 6 heteroatoms. The van der Waals surface area contributed by atoms with Crippen molar-refractivity contribution in [3.8, 4) is 0 Å². The molecular formula is C15H20F2N2O2. The van der Waals surface area contributed by atoms with Crippen molar-refractivity contribution < 1.29 is 18.7 Å². The number of alkyl halides is 1. The number of aliphatic hydroxyl groups excluding tert-OH is 1. The number of benzene rings is 1. The van der Waals surface area contributed by atoms with Gasteiger partial charge in [0.15, 0.2) is 0 Å². The lowest BCUT2D eigenvalue weighted by Crippen LogP contribution is -2.37. The number of rotatable bonds is 4. The fourth-order valence-corrected chi connectivity index (χ4v) is 2.44. The number of halogens is 2. The second kappa shape index (κ2) is 5.69. The average Bonchev–Trinajstić information content (AvgIpc) is 2.75. The number of carbonyl (C=O) groups excluding carboxylic acids is 1. The highest BCUT2D eigenvalue weighted by atomic mass is 19.1. The highest BCUT2D eigenvalue weighted by Crippen LogP contribution is 2.36. The molecule has 1 amide bonds. The van der Waals surface area contributed by atoms with Gasteiger partial charge in [-0.25, -0.2) is 8.78 Å². The van der Waals surface area contributed by atoms with Crippen LogP contribution in [-0.2, 0) is 17.6 Å². The summed E-state index contributed by atoms with van der Waals surface area (Å²) in [6, 6.07) is 2.41. The molecule has 0 saturated heterocycles. The molecular weight excluding hydrogens is 278 g/mol. The van der Waals surface area contributed by atoms with Gasteiger partial charge in [-0.2, -0.15) is 0 Å².